The molecule has 0 unspecified atom stereocenters. The average molecular weight is 368 g/mol. The second kappa shape index (κ2) is 6.08. The van der Waals surface area contributed by atoms with E-state index >= 15 is 0 Å². The van der Waals surface area contributed by atoms with Gasteiger partial charge in [-0.25, -0.2) is 10.8 Å². The number of rotatable bonds is 4. The van der Waals surface area contributed by atoms with Crippen LogP contribution in [0.4, 0.5) is 11.6 Å². The van der Waals surface area contributed by atoms with E-state index in [4.69, 9.17) is 29.0 Å². The van der Waals surface area contributed by atoms with Crippen LogP contribution in [0.5, 0.6) is 0 Å². The highest BCUT2D eigenvalue weighted by atomic mass is 79.9. The quantitative estimate of drug-likeness (QED) is 0.562. The molecule has 2 aromatic heterocycles. The van der Waals surface area contributed by atoms with E-state index in [1.54, 1.807) is 17.4 Å². The Hall–Kier alpha value is -0.530. The third-order valence-corrected chi connectivity index (χ3v) is 4.33. The molecule has 0 saturated carbocycles. The number of nitrogens with one attached hydrogen (secondary N) is 2. The SMILES string of the molecule is NNc1nc(NCc2ccc(Br)s2)c(Cl)cc1Cl. The molecule has 96 valence electrons. The molecule has 0 aliphatic carbocycles. The molecule has 0 bridgehead atoms. The van der Waals surface area contributed by atoms with Gasteiger partial charge in [-0.15, -0.1) is 11.3 Å². The van der Waals surface area contributed by atoms with Crippen LogP contribution in [0.3, 0.4) is 0 Å². The predicted molar refractivity (Wildman–Crippen MR) is 81.4 cm³/mol. The van der Waals surface area contributed by atoms with Crippen molar-refractivity contribution in [2.24, 2.45) is 5.84 Å². The number of nitrogens with zero attached hydrogens (tertiary/aromatic N) is 1. The summed E-state index contributed by atoms with van der Waals surface area (Å²) in [5.41, 5.74) is 2.42. The molecule has 0 aliphatic heterocycles. The van der Waals surface area contributed by atoms with Gasteiger partial charge in [0.25, 0.3) is 0 Å². The minimum Gasteiger partial charge on any atom is -0.364 e. The van der Waals surface area contributed by atoms with Crippen molar-refractivity contribution in [3.05, 3.63) is 36.9 Å². The van der Waals surface area contributed by atoms with Crippen molar-refractivity contribution in [2.45, 2.75) is 6.54 Å². The number of hydrazine groups is 1. The fraction of sp³-hybridized carbons (Fsp3) is 0.100. The fourth-order valence-corrected chi connectivity index (χ4v) is 3.21. The molecule has 0 saturated heterocycles. The lowest BCUT2D eigenvalue weighted by atomic mass is 10.4. The lowest BCUT2D eigenvalue weighted by molar-refractivity contribution is 1.13. The van der Waals surface area contributed by atoms with Crippen LogP contribution < -0.4 is 16.6 Å². The largest absolute Gasteiger partial charge is 0.364 e. The van der Waals surface area contributed by atoms with Gasteiger partial charge in [0.05, 0.1) is 20.4 Å². The molecule has 18 heavy (non-hydrogen) atoms. The van der Waals surface area contributed by atoms with Gasteiger partial charge in [-0.2, -0.15) is 0 Å². The van der Waals surface area contributed by atoms with E-state index in [0.717, 1.165) is 8.66 Å². The molecular formula is C10H9BrCl2N4S. The third-order valence-electron chi connectivity index (χ3n) is 2.13. The second-order valence-electron chi connectivity index (χ2n) is 3.35. The van der Waals surface area contributed by atoms with Gasteiger partial charge in [-0.1, -0.05) is 23.2 Å². The van der Waals surface area contributed by atoms with Gasteiger partial charge in [-0.05, 0) is 34.1 Å². The summed E-state index contributed by atoms with van der Waals surface area (Å²) >= 11 is 17.0. The molecule has 0 fully saturated rings. The van der Waals surface area contributed by atoms with Gasteiger partial charge in [-0.3, -0.25) is 0 Å². The highest BCUT2D eigenvalue weighted by Gasteiger charge is 2.08. The highest BCUT2D eigenvalue weighted by molar-refractivity contribution is 9.11. The van der Waals surface area contributed by atoms with Gasteiger partial charge >= 0.3 is 0 Å². The van der Waals surface area contributed by atoms with Crippen molar-refractivity contribution in [2.75, 3.05) is 10.7 Å². The summed E-state index contributed by atoms with van der Waals surface area (Å²) in [7, 11) is 0. The van der Waals surface area contributed by atoms with E-state index in [9.17, 15) is 0 Å². The fourth-order valence-electron chi connectivity index (χ4n) is 1.31. The summed E-state index contributed by atoms with van der Waals surface area (Å²) < 4.78 is 1.08. The van der Waals surface area contributed by atoms with Gasteiger partial charge in [0, 0.05) is 4.88 Å². The lowest BCUT2D eigenvalue weighted by Crippen LogP contribution is -2.11. The first-order valence-electron chi connectivity index (χ1n) is 4.91. The van der Waals surface area contributed by atoms with Crippen molar-refractivity contribution in [3.63, 3.8) is 0 Å². The van der Waals surface area contributed by atoms with Gasteiger partial charge in [0.15, 0.2) is 5.82 Å². The highest BCUT2D eigenvalue weighted by Crippen LogP contribution is 2.29. The molecule has 2 aromatic rings. The van der Waals surface area contributed by atoms with Crippen LogP contribution in [-0.4, -0.2) is 4.98 Å². The van der Waals surface area contributed by atoms with Crippen LogP contribution in [0.15, 0.2) is 22.0 Å². The summed E-state index contributed by atoms with van der Waals surface area (Å²) in [4.78, 5) is 5.36. The van der Waals surface area contributed by atoms with Crippen LogP contribution in [0.2, 0.25) is 10.0 Å². The number of pyridine rings is 1. The maximum atomic E-state index is 6.05. The lowest BCUT2D eigenvalue weighted by Gasteiger charge is -2.09. The Morgan fingerprint density at radius 2 is 2.00 bits per heavy atom. The normalized spacial score (nSPS) is 10.4. The molecular weight excluding hydrogens is 359 g/mol. The van der Waals surface area contributed by atoms with Crippen LogP contribution >= 0.6 is 50.5 Å². The number of halogens is 3. The van der Waals surface area contributed by atoms with E-state index in [1.807, 2.05) is 12.1 Å². The third kappa shape index (κ3) is 3.27. The Morgan fingerprint density at radius 3 is 2.61 bits per heavy atom. The number of nitrogen functional groups attached to an aromatic ring is 1. The Morgan fingerprint density at radius 1 is 1.28 bits per heavy atom. The molecule has 8 heteroatoms. The number of hydrogen-bond acceptors (Lipinski definition) is 5. The van der Waals surface area contributed by atoms with Crippen LogP contribution in [0.25, 0.3) is 0 Å². The van der Waals surface area contributed by atoms with Crippen LogP contribution in [0.1, 0.15) is 4.88 Å². The van der Waals surface area contributed by atoms with Gasteiger partial charge in [0.1, 0.15) is 5.82 Å². The van der Waals surface area contributed by atoms with E-state index in [2.05, 4.69) is 31.7 Å². The number of aromatic nitrogens is 1. The average Bonchev–Trinajstić information content (AvgIpc) is 2.74. The molecule has 0 radical (unpaired) electrons. The molecule has 2 heterocycles. The molecule has 2 rings (SSSR count). The van der Waals surface area contributed by atoms with Crippen molar-refractivity contribution in [1.82, 2.24) is 4.98 Å². The Bertz CT molecular complexity index is 561. The maximum absolute atomic E-state index is 6.05. The second-order valence-corrected chi connectivity index (χ2v) is 6.71. The van der Waals surface area contributed by atoms with Crippen molar-refractivity contribution in [1.29, 1.82) is 0 Å². The summed E-state index contributed by atoms with van der Waals surface area (Å²) in [6.45, 7) is 0.634. The minimum atomic E-state index is 0.381. The first-order chi connectivity index (χ1) is 8.60. The maximum Gasteiger partial charge on any atom is 0.161 e. The van der Waals surface area contributed by atoms with E-state index in [0.29, 0.717) is 28.2 Å². The number of anilines is 2. The van der Waals surface area contributed by atoms with Crippen molar-refractivity contribution >= 4 is 62.1 Å². The standard InChI is InChI=1S/C10H9BrCl2N4S/c11-8-2-1-5(18-8)4-15-9-6(12)3-7(13)10(16-9)17-14/h1-3H,4,14H2,(H2,15,16,17). The zero-order valence-electron chi connectivity index (χ0n) is 9.01. The molecule has 0 amide bonds. The van der Waals surface area contributed by atoms with Gasteiger partial charge in [0.2, 0.25) is 0 Å². The van der Waals surface area contributed by atoms with E-state index in [-0.39, 0.29) is 0 Å². The Labute approximate surface area is 127 Å². The topological polar surface area (TPSA) is 63.0 Å². The molecule has 0 aliphatic rings. The minimum absolute atomic E-state index is 0.381. The Balaban J connectivity index is 2.13. The Kier molecular flexibility index (Phi) is 4.69. The zero-order valence-corrected chi connectivity index (χ0v) is 12.9. The van der Waals surface area contributed by atoms with E-state index < -0.39 is 0 Å². The predicted octanol–water partition coefficient (Wildman–Crippen LogP) is 4.11. The van der Waals surface area contributed by atoms with Crippen LogP contribution in [-0.2, 0) is 6.54 Å². The smallest absolute Gasteiger partial charge is 0.161 e. The van der Waals surface area contributed by atoms with Gasteiger partial charge < -0.3 is 10.7 Å². The first-order valence-corrected chi connectivity index (χ1v) is 7.27. The first kappa shape index (κ1) is 13.9. The molecule has 0 atom stereocenters. The number of nitrogens with two attached hydrogens (primary N) is 1. The zero-order chi connectivity index (χ0) is 13.1. The molecule has 4 nitrogen and oxygen atoms in total. The van der Waals surface area contributed by atoms with Crippen LogP contribution in [0, 0.1) is 0 Å². The summed E-state index contributed by atoms with van der Waals surface area (Å²) in [6.07, 6.45) is 0. The monoisotopic (exact) mass is 366 g/mol. The number of thiophene rings is 1. The molecule has 0 spiro atoms. The summed E-state index contributed by atoms with van der Waals surface area (Å²) in [5.74, 6) is 6.23. The van der Waals surface area contributed by atoms with Crippen molar-refractivity contribution in [3.8, 4) is 0 Å². The number of hydrogen-bond donors (Lipinski definition) is 3. The summed E-state index contributed by atoms with van der Waals surface area (Å²) in [6, 6.07) is 5.61. The molecule has 4 N–H and O–H groups in total. The molecule has 0 aromatic carbocycles. The summed E-state index contributed by atoms with van der Waals surface area (Å²) in [5, 5.41) is 3.97. The van der Waals surface area contributed by atoms with E-state index in [1.165, 1.54) is 0 Å². The van der Waals surface area contributed by atoms with Crippen molar-refractivity contribution < 1.29 is 0 Å².